The third kappa shape index (κ3) is 2.72. The largest absolute Gasteiger partial charge is 0.289 e. The molecule has 1 rings (SSSR count). The zero-order chi connectivity index (χ0) is 8.81. The number of carbonyl (C=O) groups excluding carboxylic acids is 1. The van der Waals surface area contributed by atoms with Crippen LogP contribution in [-0.4, -0.2) is 11.1 Å². The number of benzene rings is 1. The summed E-state index contributed by atoms with van der Waals surface area (Å²) in [6, 6.07) is 10.3. The van der Waals surface area contributed by atoms with Gasteiger partial charge in [-0.05, 0) is 18.1 Å². The van der Waals surface area contributed by atoms with Crippen molar-refractivity contribution in [2.45, 2.75) is 12.8 Å². The summed E-state index contributed by atoms with van der Waals surface area (Å²) in [5, 5.41) is 8.21. The van der Waals surface area contributed by atoms with E-state index in [4.69, 9.17) is 5.21 Å². The number of hydrogen-bond acceptors (Lipinski definition) is 2. The molecule has 0 aliphatic heterocycles. The van der Waals surface area contributed by atoms with E-state index < -0.39 is 0 Å². The summed E-state index contributed by atoms with van der Waals surface area (Å²) in [5.41, 5.74) is 2.66. The summed E-state index contributed by atoms with van der Waals surface area (Å²) in [7, 11) is 0. The van der Waals surface area contributed by atoms with E-state index in [-0.39, 0.29) is 5.91 Å². The fourth-order valence-electron chi connectivity index (χ4n) is 0.902. The molecule has 63 valence electrons. The Labute approximate surface area is 71.0 Å². The predicted molar refractivity (Wildman–Crippen MR) is 43.5 cm³/mol. The molecule has 2 N–H and O–H groups in total. The molecule has 1 aromatic carbocycles. The standard InChI is InChI=1S/C9H10NO2/c11-9(10-12)7-6-8-4-2-1-3-5-8/h2-5,12H,6-7H2,(H,10,11). The molecule has 3 heteroatoms. The normalized spacial score (nSPS) is 9.42. The van der Waals surface area contributed by atoms with Crippen molar-refractivity contribution in [2.75, 3.05) is 0 Å². The van der Waals surface area contributed by atoms with Crippen LogP contribution in [0.25, 0.3) is 0 Å². The van der Waals surface area contributed by atoms with Gasteiger partial charge in [0.05, 0.1) is 0 Å². The maximum absolute atomic E-state index is 10.6. The summed E-state index contributed by atoms with van der Waals surface area (Å²) in [6.45, 7) is 0. The molecule has 3 nitrogen and oxygen atoms in total. The Bertz CT molecular complexity index is 246. The maximum Gasteiger partial charge on any atom is 0.243 e. The van der Waals surface area contributed by atoms with E-state index in [1.54, 1.807) is 17.6 Å². The Kier molecular flexibility index (Phi) is 3.29. The van der Waals surface area contributed by atoms with Gasteiger partial charge < -0.3 is 0 Å². The van der Waals surface area contributed by atoms with Crippen LogP contribution in [0.2, 0.25) is 0 Å². The summed E-state index contributed by atoms with van der Waals surface area (Å²) >= 11 is 0. The minimum Gasteiger partial charge on any atom is -0.289 e. The fraction of sp³-hybridized carbons (Fsp3) is 0.222. The van der Waals surface area contributed by atoms with Crippen molar-refractivity contribution in [1.29, 1.82) is 0 Å². The summed E-state index contributed by atoms with van der Waals surface area (Å²) in [5.74, 6) is -0.358. The average Bonchev–Trinajstić information content (AvgIpc) is 2.16. The number of nitrogens with one attached hydrogen (secondary N) is 1. The summed E-state index contributed by atoms with van der Waals surface area (Å²) in [6.07, 6.45) is 0.946. The lowest BCUT2D eigenvalue weighted by Crippen LogP contribution is -2.18. The van der Waals surface area contributed by atoms with Gasteiger partial charge in [-0.3, -0.25) is 10.0 Å². The highest BCUT2D eigenvalue weighted by molar-refractivity contribution is 5.74. The second kappa shape index (κ2) is 4.51. The first-order valence-corrected chi connectivity index (χ1v) is 3.71. The highest BCUT2D eigenvalue weighted by Gasteiger charge is 1.98. The SMILES string of the molecule is O=C(CCc1cc[c]cc1)NO. The molecule has 0 bridgehead atoms. The molecule has 0 heterocycles. The van der Waals surface area contributed by atoms with Crippen molar-refractivity contribution < 1.29 is 10.0 Å². The molecule has 0 fully saturated rings. The van der Waals surface area contributed by atoms with E-state index in [0.29, 0.717) is 12.8 Å². The van der Waals surface area contributed by atoms with Gasteiger partial charge in [-0.2, -0.15) is 0 Å². The van der Waals surface area contributed by atoms with E-state index in [1.807, 2.05) is 12.1 Å². The topological polar surface area (TPSA) is 49.3 Å². The molecular formula is C9H10NO2. The first-order valence-electron chi connectivity index (χ1n) is 3.71. The molecule has 1 radical (unpaired) electrons. The van der Waals surface area contributed by atoms with E-state index in [9.17, 15) is 4.79 Å². The minimum atomic E-state index is -0.358. The molecule has 0 saturated heterocycles. The van der Waals surface area contributed by atoms with Gasteiger partial charge in [-0.25, -0.2) is 5.48 Å². The van der Waals surface area contributed by atoms with Crippen LogP contribution in [0.15, 0.2) is 24.3 Å². The van der Waals surface area contributed by atoms with Gasteiger partial charge in [-0.1, -0.05) is 24.3 Å². The molecule has 0 atom stereocenters. The number of aryl methyl sites for hydroxylation is 1. The lowest BCUT2D eigenvalue weighted by atomic mass is 10.1. The van der Waals surface area contributed by atoms with Gasteiger partial charge >= 0.3 is 0 Å². The first-order chi connectivity index (χ1) is 5.83. The van der Waals surface area contributed by atoms with Crippen molar-refractivity contribution in [1.82, 2.24) is 5.48 Å². The Morgan fingerprint density at radius 2 is 2.17 bits per heavy atom. The molecular weight excluding hydrogens is 154 g/mol. The molecule has 1 aromatic rings. The van der Waals surface area contributed by atoms with Crippen molar-refractivity contribution in [3.8, 4) is 0 Å². The Morgan fingerprint density at radius 1 is 1.50 bits per heavy atom. The smallest absolute Gasteiger partial charge is 0.243 e. The summed E-state index contributed by atoms with van der Waals surface area (Å²) < 4.78 is 0. The molecule has 0 aromatic heterocycles. The van der Waals surface area contributed by atoms with E-state index in [1.165, 1.54) is 0 Å². The minimum absolute atomic E-state index is 0.306. The second-order valence-corrected chi connectivity index (χ2v) is 2.44. The lowest BCUT2D eigenvalue weighted by Gasteiger charge is -1.98. The van der Waals surface area contributed by atoms with Crippen molar-refractivity contribution >= 4 is 5.91 Å². The number of amides is 1. The third-order valence-electron chi connectivity index (χ3n) is 1.55. The highest BCUT2D eigenvalue weighted by atomic mass is 16.5. The van der Waals surface area contributed by atoms with Crippen LogP contribution in [0, 0.1) is 6.07 Å². The van der Waals surface area contributed by atoms with Crippen LogP contribution in [0.5, 0.6) is 0 Å². The summed E-state index contributed by atoms with van der Waals surface area (Å²) in [4.78, 5) is 10.6. The number of rotatable bonds is 3. The van der Waals surface area contributed by atoms with Gasteiger partial charge in [0.15, 0.2) is 0 Å². The van der Waals surface area contributed by atoms with Crippen LogP contribution in [0.3, 0.4) is 0 Å². The second-order valence-electron chi connectivity index (χ2n) is 2.44. The lowest BCUT2D eigenvalue weighted by molar-refractivity contribution is -0.129. The van der Waals surface area contributed by atoms with Crippen LogP contribution < -0.4 is 5.48 Å². The molecule has 0 aliphatic carbocycles. The van der Waals surface area contributed by atoms with Crippen LogP contribution in [0.1, 0.15) is 12.0 Å². The van der Waals surface area contributed by atoms with Crippen LogP contribution in [0.4, 0.5) is 0 Å². The highest BCUT2D eigenvalue weighted by Crippen LogP contribution is 2.01. The molecule has 12 heavy (non-hydrogen) atoms. The molecule has 0 aliphatic rings. The van der Waals surface area contributed by atoms with Gasteiger partial charge in [-0.15, -0.1) is 0 Å². The van der Waals surface area contributed by atoms with Crippen LogP contribution in [-0.2, 0) is 11.2 Å². The third-order valence-corrected chi connectivity index (χ3v) is 1.55. The maximum atomic E-state index is 10.6. The van der Waals surface area contributed by atoms with Crippen molar-refractivity contribution in [3.63, 3.8) is 0 Å². The average molecular weight is 164 g/mol. The zero-order valence-corrected chi connectivity index (χ0v) is 6.58. The molecule has 0 spiro atoms. The number of hydroxylamine groups is 1. The van der Waals surface area contributed by atoms with Crippen LogP contribution >= 0.6 is 0 Å². The van der Waals surface area contributed by atoms with E-state index >= 15 is 0 Å². The van der Waals surface area contributed by atoms with E-state index in [0.717, 1.165) is 5.56 Å². The number of hydrogen-bond donors (Lipinski definition) is 2. The monoisotopic (exact) mass is 164 g/mol. The number of carbonyl (C=O) groups is 1. The van der Waals surface area contributed by atoms with Gasteiger partial charge in [0.1, 0.15) is 0 Å². The van der Waals surface area contributed by atoms with E-state index in [2.05, 4.69) is 6.07 Å². The first kappa shape index (κ1) is 8.74. The quantitative estimate of drug-likeness (QED) is 0.515. The molecule has 0 saturated carbocycles. The fourth-order valence-corrected chi connectivity index (χ4v) is 0.902. The molecule has 1 amide bonds. The Morgan fingerprint density at radius 3 is 2.75 bits per heavy atom. The van der Waals surface area contributed by atoms with Crippen molar-refractivity contribution in [2.24, 2.45) is 0 Å². The van der Waals surface area contributed by atoms with Gasteiger partial charge in [0.25, 0.3) is 0 Å². The van der Waals surface area contributed by atoms with Gasteiger partial charge in [0.2, 0.25) is 5.91 Å². The predicted octanol–water partition coefficient (Wildman–Crippen LogP) is 0.925. The Hall–Kier alpha value is -1.35. The van der Waals surface area contributed by atoms with Crippen molar-refractivity contribution in [3.05, 3.63) is 35.9 Å². The Balaban J connectivity index is 2.38. The van der Waals surface area contributed by atoms with Gasteiger partial charge in [0, 0.05) is 6.42 Å². The zero-order valence-electron chi connectivity index (χ0n) is 6.58. The molecule has 0 unspecified atom stereocenters.